The van der Waals surface area contributed by atoms with Crippen molar-refractivity contribution in [3.8, 4) is 0 Å². The molecule has 0 unspecified atom stereocenters. The first-order valence-corrected chi connectivity index (χ1v) is 11.6. The molecule has 0 spiro atoms. The fraction of sp³-hybridized carbons (Fsp3) is 0.385. The van der Waals surface area contributed by atoms with Crippen LogP contribution in [0.2, 0.25) is 0 Å². The average molecular weight is 467 g/mol. The molecule has 4 rings (SSSR count). The molecule has 0 aliphatic carbocycles. The lowest BCUT2D eigenvalue weighted by Crippen LogP contribution is -2.54. The molecule has 8 heteroatoms. The summed E-state index contributed by atoms with van der Waals surface area (Å²) in [6.45, 7) is 9.02. The van der Waals surface area contributed by atoms with E-state index in [1.165, 1.54) is 23.4 Å². The van der Waals surface area contributed by atoms with Crippen LogP contribution in [0.1, 0.15) is 31.0 Å². The third-order valence-corrected chi connectivity index (χ3v) is 6.28. The van der Waals surface area contributed by atoms with Crippen molar-refractivity contribution in [2.24, 2.45) is 0 Å². The number of carbonyl (C=O) groups is 2. The number of hydrogen-bond donors (Lipinski definition) is 2. The second-order valence-electron chi connectivity index (χ2n) is 8.81. The molecule has 7 nitrogen and oxygen atoms in total. The molecule has 1 fully saturated rings. The molecule has 2 N–H and O–H groups in total. The number of urea groups is 1. The fourth-order valence-electron chi connectivity index (χ4n) is 4.69. The lowest BCUT2D eigenvalue weighted by molar-refractivity contribution is -0.139. The number of nitrogens with one attached hydrogen (secondary N) is 2. The van der Waals surface area contributed by atoms with Gasteiger partial charge in [0.15, 0.2) is 0 Å². The van der Waals surface area contributed by atoms with Crippen molar-refractivity contribution >= 4 is 17.7 Å². The van der Waals surface area contributed by atoms with Gasteiger partial charge in [-0.1, -0.05) is 24.3 Å². The largest absolute Gasteiger partial charge is 0.463 e. The standard InChI is InChI=1S/C26H31FN4O3/c1-4-34-25(32)23-22(28-26(33)29-24(23)19-8-10-20(27)11-9-19)16-30-12-13-31(18(3)15-30)21-7-5-6-17(2)14-21/h5-11,14,18,24H,4,12-13,15-16H2,1-3H3,(H2,28,29,33)/t18-,24-/m0/s1. The number of nitrogens with zero attached hydrogens (tertiary/aromatic N) is 2. The highest BCUT2D eigenvalue weighted by atomic mass is 19.1. The van der Waals surface area contributed by atoms with E-state index in [9.17, 15) is 14.0 Å². The van der Waals surface area contributed by atoms with E-state index in [4.69, 9.17) is 4.74 Å². The van der Waals surface area contributed by atoms with Gasteiger partial charge in [-0.2, -0.15) is 0 Å². The van der Waals surface area contributed by atoms with Crippen LogP contribution in [0.15, 0.2) is 59.8 Å². The number of rotatable bonds is 6. The van der Waals surface area contributed by atoms with E-state index in [0.717, 1.165) is 19.6 Å². The quantitative estimate of drug-likeness (QED) is 0.638. The maximum atomic E-state index is 13.5. The Balaban J connectivity index is 1.58. The second kappa shape index (κ2) is 10.3. The van der Waals surface area contributed by atoms with Crippen LogP contribution in [0.4, 0.5) is 14.9 Å². The third-order valence-electron chi connectivity index (χ3n) is 6.28. The number of piperazine rings is 1. The van der Waals surface area contributed by atoms with Crippen molar-refractivity contribution in [1.82, 2.24) is 15.5 Å². The molecule has 0 bridgehead atoms. The number of hydrogen-bond acceptors (Lipinski definition) is 5. The van der Waals surface area contributed by atoms with Crippen LogP contribution in [0, 0.1) is 12.7 Å². The van der Waals surface area contributed by atoms with Gasteiger partial charge < -0.3 is 20.3 Å². The molecule has 34 heavy (non-hydrogen) atoms. The lowest BCUT2D eigenvalue weighted by Gasteiger charge is -2.42. The van der Waals surface area contributed by atoms with E-state index in [0.29, 0.717) is 23.4 Å². The van der Waals surface area contributed by atoms with E-state index in [2.05, 4.69) is 58.5 Å². The highest BCUT2D eigenvalue weighted by Gasteiger charge is 2.35. The Kier molecular flexibility index (Phi) is 7.17. The number of benzene rings is 2. The summed E-state index contributed by atoms with van der Waals surface area (Å²) < 4.78 is 18.8. The van der Waals surface area contributed by atoms with Crippen molar-refractivity contribution in [2.45, 2.75) is 32.9 Å². The molecule has 2 aliphatic heterocycles. The molecular weight excluding hydrogens is 435 g/mol. The number of amides is 2. The topological polar surface area (TPSA) is 73.9 Å². The normalized spacial score (nSPS) is 21.2. The van der Waals surface area contributed by atoms with E-state index in [1.807, 2.05) is 0 Å². The van der Waals surface area contributed by atoms with Gasteiger partial charge in [-0.15, -0.1) is 0 Å². The minimum Gasteiger partial charge on any atom is -0.463 e. The summed E-state index contributed by atoms with van der Waals surface area (Å²) in [5.74, 6) is -0.878. The number of aryl methyl sites for hydroxylation is 1. The first kappa shape index (κ1) is 23.8. The molecular formula is C26H31FN4O3. The van der Waals surface area contributed by atoms with Crippen LogP contribution in [0.5, 0.6) is 0 Å². The summed E-state index contributed by atoms with van der Waals surface area (Å²) >= 11 is 0. The van der Waals surface area contributed by atoms with Crippen LogP contribution < -0.4 is 15.5 Å². The summed E-state index contributed by atoms with van der Waals surface area (Å²) in [5, 5.41) is 5.62. The summed E-state index contributed by atoms with van der Waals surface area (Å²) in [7, 11) is 0. The van der Waals surface area contributed by atoms with Gasteiger partial charge in [-0.05, 0) is 56.2 Å². The number of anilines is 1. The van der Waals surface area contributed by atoms with Gasteiger partial charge in [0.05, 0.1) is 18.2 Å². The molecule has 0 saturated carbocycles. The van der Waals surface area contributed by atoms with Gasteiger partial charge in [0.25, 0.3) is 0 Å². The molecule has 0 aromatic heterocycles. The molecule has 1 saturated heterocycles. The molecule has 180 valence electrons. The number of esters is 1. The summed E-state index contributed by atoms with van der Waals surface area (Å²) in [6.07, 6.45) is 0. The highest BCUT2D eigenvalue weighted by Crippen LogP contribution is 2.29. The molecule has 2 aromatic rings. The van der Waals surface area contributed by atoms with E-state index in [1.54, 1.807) is 19.1 Å². The number of halogens is 1. The predicted molar refractivity (Wildman–Crippen MR) is 129 cm³/mol. The maximum Gasteiger partial charge on any atom is 0.338 e. The molecule has 2 aromatic carbocycles. The molecule has 2 heterocycles. The maximum absolute atomic E-state index is 13.5. The van der Waals surface area contributed by atoms with E-state index in [-0.39, 0.29) is 18.5 Å². The molecule has 2 aliphatic rings. The first-order chi connectivity index (χ1) is 16.4. The predicted octanol–water partition coefficient (Wildman–Crippen LogP) is 3.52. The summed E-state index contributed by atoms with van der Waals surface area (Å²) in [6, 6.07) is 13.4. The zero-order valence-electron chi connectivity index (χ0n) is 19.8. The SMILES string of the molecule is CCOC(=O)C1=C(CN2CCN(c3cccc(C)c3)[C@@H](C)C2)NC(=O)N[C@H]1c1ccc(F)cc1. The van der Waals surface area contributed by atoms with Crippen LogP contribution in [-0.2, 0) is 9.53 Å². The van der Waals surface area contributed by atoms with Crippen molar-refractivity contribution < 1.29 is 18.7 Å². The van der Waals surface area contributed by atoms with Gasteiger partial charge in [-0.25, -0.2) is 14.0 Å². The van der Waals surface area contributed by atoms with E-state index < -0.39 is 18.0 Å². The van der Waals surface area contributed by atoms with Gasteiger partial charge in [0, 0.05) is 43.6 Å². The number of carbonyl (C=O) groups excluding carboxylic acids is 2. The monoisotopic (exact) mass is 466 g/mol. The van der Waals surface area contributed by atoms with Crippen LogP contribution >= 0.6 is 0 Å². The lowest BCUT2D eigenvalue weighted by atomic mass is 9.94. The van der Waals surface area contributed by atoms with Crippen molar-refractivity contribution in [3.63, 3.8) is 0 Å². The zero-order valence-corrected chi connectivity index (χ0v) is 19.8. The Morgan fingerprint density at radius 1 is 1.18 bits per heavy atom. The van der Waals surface area contributed by atoms with Crippen LogP contribution in [0.3, 0.4) is 0 Å². The van der Waals surface area contributed by atoms with Gasteiger partial charge in [0.1, 0.15) is 5.82 Å². The van der Waals surface area contributed by atoms with Crippen molar-refractivity contribution in [2.75, 3.05) is 37.7 Å². The average Bonchev–Trinajstić information content (AvgIpc) is 2.79. The van der Waals surface area contributed by atoms with Gasteiger partial charge in [0.2, 0.25) is 0 Å². The molecule has 2 amide bonds. The third kappa shape index (κ3) is 5.22. The zero-order chi connectivity index (χ0) is 24.2. The fourth-order valence-corrected chi connectivity index (χ4v) is 4.69. The van der Waals surface area contributed by atoms with Crippen molar-refractivity contribution in [1.29, 1.82) is 0 Å². The second-order valence-corrected chi connectivity index (χ2v) is 8.81. The summed E-state index contributed by atoms with van der Waals surface area (Å²) in [5.41, 5.74) is 3.91. The minimum atomic E-state index is -0.714. The first-order valence-electron chi connectivity index (χ1n) is 11.6. The van der Waals surface area contributed by atoms with Gasteiger partial charge >= 0.3 is 12.0 Å². The Labute approximate surface area is 199 Å². The highest BCUT2D eigenvalue weighted by molar-refractivity contribution is 5.95. The Morgan fingerprint density at radius 3 is 2.62 bits per heavy atom. The smallest absolute Gasteiger partial charge is 0.338 e. The molecule has 2 atom stereocenters. The van der Waals surface area contributed by atoms with Crippen molar-refractivity contribution in [3.05, 3.63) is 76.7 Å². The summed E-state index contributed by atoms with van der Waals surface area (Å²) in [4.78, 5) is 30.1. The van der Waals surface area contributed by atoms with Crippen LogP contribution in [0.25, 0.3) is 0 Å². The Hall–Kier alpha value is -3.39. The molecule has 0 radical (unpaired) electrons. The minimum absolute atomic E-state index is 0.214. The van der Waals surface area contributed by atoms with E-state index >= 15 is 0 Å². The Morgan fingerprint density at radius 2 is 1.94 bits per heavy atom. The number of ether oxygens (including phenoxy) is 1. The van der Waals surface area contributed by atoms with Gasteiger partial charge in [-0.3, -0.25) is 4.90 Å². The van der Waals surface area contributed by atoms with Crippen LogP contribution in [-0.4, -0.2) is 55.7 Å². The Bertz CT molecular complexity index is 1090.